The van der Waals surface area contributed by atoms with E-state index in [0.717, 1.165) is 4.31 Å². The zero-order chi connectivity index (χ0) is 24.5. The van der Waals surface area contributed by atoms with Gasteiger partial charge in [0.05, 0.1) is 42.1 Å². The van der Waals surface area contributed by atoms with Crippen molar-refractivity contribution in [1.29, 1.82) is 0 Å². The van der Waals surface area contributed by atoms with Crippen molar-refractivity contribution < 1.29 is 32.2 Å². The number of hydrogen-bond donors (Lipinski definition) is 2. The van der Waals surface area contributed by atoms with E-state index in [1.54, 1.807) is 13.8 Å². The summed E-state index contributed by atoms with van der Waals surface area (Å²) in [6.45, 7) is 2.68. The molecule has 0 aromatic heterocycles. The molecule has 33 heavy (non-hydrogen) atoms. The lowest BCUT2D eigenvalue weighted by molar-refractivity contribution is -0.122. The summed E-state index contributed by atoms with van der Waals surface area (Å²) in [5, 5.41) is 5.52. The number of carbonyl (C=O) groups is 2. The lowest BCUT2D eigenvalue weighted by atomic mass is 10.1. The van der Waals surface area contributed by atoms with Gasteiger partial charge >= 0.3 is 0 Å². The van der Waals surface area contributed by atoms with Crippen molar-refractivity contribution in [1.82, 2.24) is 4.31 Å². The van der Waals surface area contributed by atoms with Crippen molar-refractivity contribution in [3.8, 4) is 17.2 Å². The molecule has 178 valence electrons. The first-order chi connectivity index (χ1) is 15.5. The third-order valence-corrected chi connectivity index (χ3v) is 7.25. The number of methoxy groups -OCH3 is 2. The normalized spacial score (nSPS) is 15.4. The van der Waals surface area contributed by atoms with E-state index >= 15 is 0 Å². The Morgan fingerprint density at radius 3 is 2.52 bits per heavy atom. The van der Waals surface area contributed by atoms with Gasteiger partial charge in [-0.2, -0.15) is 4.31 Å². The van der Waals surface area contributed by atoms with Gasteiger partial charge in [-0.15, -0.1) is 0 Å². The Hall–Kier alpha value is -3.02. The minimum atomic E-state index is -4.05. The Balaban J connectivity index is 1.81. The molecule has 1 aliphatic heterocycles. The van der Waals surface area contributed by atoms with Gasteiger partial charge in [-0.3, -0.25) is 9.59 Å². The van der Waals surface area contributed by atoms with E-state index in [-0.39, 0.29) is 27.3 Å². The molecule has 2 aromatic rings. The van der Waals surface area contributed by atoms with Crippen LogP contribution in [0.2, 0.25) is 5.02 Å². The summed E-state index contributed by atoms with van der Waals surface area (Å²) < 4.78 is 43.1. The molecule has 0 unspecified atom stereocenters. The Kier molecular flexibility index (Phi) is 7.06. The average Bonchev–Trinajstić information content (AvgIpc) is 2.74. The molecule has 0 saturated heterocycles. The number of carbonyl (C=O) groups excluding carboxylic acids is 2. The molecule has 2 aromatic carbocycles. The summed E-state index contributed by atoms with van der Waals surface area (Å²) in [7, 11) is 0.0967. The largest absolute Gasteiger partial charge is 0.495 e. The molecular formula is C21H24ClN3O7S. The van der Waals surface area contributed by atoms with Gasteiger partial charge in [-0.1, -0.05) is 11.6 Å². The van der Waals surface area contributed by atoms with Gasteiger partial charge in [0.2, 0.25) is 15.9 Å². The number of sulfonamides is 1. The molecule has 0 radical (unpaired) electrons. The molecule has 10 nitrogen and oxygen atoms in total. The van der Waals surface area contributed by atoms with Gasteiger partial charge in [-0.25, -0.2) is 8.42 Å². The highest BCUT2D eigenvalue weighted by atomic mass is 35.5. The quantitative estimate of drug-likeness (QED) is 0.602. The van der Waals surface area contributed by atoms with E-state index in [0.29, 0.717) is 22.7 Å². The molecule has 0 aliphatic carbocycles. The number of likely N-dealkylation sites (N-methyl/N-ethyl adjacent to an activating group) is 1. The van der Waals surface area contributed by atoms with Crippen LogP contribution in [0.15, 0.2) is 29.2 Å². The van der Waals surface area contributed by atoms with Crippen molar-refractivity contribution >= 4 is 44.8 Å². The van der Waals surface area contributed by atoms with E-state index in [1.807, 2.05) is 0 Å². The maximum absolute atomic E-state index is 13.2. The van der Waals surface area contributed by atoms with E-state index in [9.17, 15) is 18.0 Å². The molecule has 2 amide bonds. The SMILES string of the molecule is COc1cc(OC)c(NC(=O)CN(C)S(=O)(=O)c2cc3c(cc2C)NC(=O)[C@H](C)O3)cc1Cl. The molecule has 0 bridgehead atoms. The van der Waals surface area contributed by atoms with E-state index in [1.165, 1.54) is 45.5 Å². The van der Waals surface area contributed by atoms with Gasteiger partial charge in [0.25, 0.3) is 5.91 Å². The van der Waals surface area contributed by atoms with E-state index in [4.69, 9.17) is 25.8 Å². The number of fused-ring (bicyclic) bond motifs is 1. The van der Waals surface area contributed by atoms with Gasteiger partial charge in [0, 0.05) is 19.2 Å². The van der Waals surface area contributed by atoms with Crippen molar-refractivity contribution in [3.05, 3.63) is 34.9 Å². The number of hydrogen-bond acceptors (Lipinski definition) is 7. The first-order valence-electron chi connectivity index (χ1n) is 9.77. The Morgan fingerprint density at radius 2 is 1.88 bits per heavy atom. The highest BCUT2D eigenvalue weighted by molar-refractivity contribution is 7.89. The van der Waals surface area contributed by atoms with Crippen molar-refractivity contribution in [2.45, 2.75) is 24.8 Å². The van der Waals surface area contributed by atoms with Crippen LogP contribution in [-0.4, -0.2) is 58.5 Å². The summed E-state index contributed by atoms with van der Waals surface area (Å²) in [4.78, 5) is 24.4. The monoisotopic (exact) mass is 497 g/mol. The number of halogens is 1. The maximum Gasteiger partial charge on any atom is 0.265 e. The molecule has 2 N–H and O–H groups in total. The zero-order valence-corrected chi connectivity index (χ0v) is 20.3. The standard InChI is InChI=1S/C21H24ClN3O7S/c1-11-6-14-18(32-12(2)21(27)24-14)9-19(11)33(28,29)25(3)10-20(26)23-15-7-13(22)16(30-4)8-17(15)31-5/h6-9,12H,10H2,1-5H3,(H,23,26)(H,24,27)/t12-/m0/s1. The first-order valence-corrected chi connectivity index (χ1v) is 11.6. The Labute approximate surface area is 196 Å². The van der Waals surface area contributed by atoms with Crippen LogP contribution in [0.1, 0.15) is 12.5 Å². The molecule has 0 saturated carbocycles. The summed E-state index contributed by atoms with van der Waals surface area (Å²) in [6, 6.07) is 5.82. The second kappa shape index (κ2) is 9.46. The molecule has 12 heteroatoms. The van der Waals surface area contributed by atoms with Crippen LogP contribution in [0.25, 0.3) is 0 Å². The van der Waals surface area contributed by atoms with Crippen LogP contribution in [0.3, 0.4) is 0 Å². The van der Waals surface area contributed by atoms with Crippen molar-refractivity contribution in [3.63, 3.8) is 0 Å². The van der Waals surface area contributed by atoms with Crippen LogP contribution >= 0.6 is 11.6 Å². The lowest BCUT2D eigenvalue weighted by Crippen LogP contribution is -2.36. The number of rotatable bonds is 7. The summed E-state index contributed by atoms with van der Waals surface area (Å²) in [6.07, 6.45) is -0.759. The number of anilines is 2. The minimum Gasteiger partial charge on any atom is -0.495 e. The number of ether oxygens (including phenoxy) is 3. The van der Waals surface area contributed by atoms with Gasteiger partial charge in [0.1, 0.15) is 17.2 Å². The number of aryl methyl sites for hydroxylation is 1. The topological polar surface area (TPSA) is 123 Å². The van der Waals surface area contributed by atoms with Gasteiger partial charge in [-0.05, 0) is 31.5 Å². The number of nitrogens with zero attached hydrogens (tertiary/aromatic N) is 1. The van der Waals surface area contributed by atoms with Crippen LogP contribution in [0.5, 0.6) is 17.2 Å². The molecular weight excluding hydrogens is 474 g/mol. The van der Waals surface area contributed by atoms with Crippen molar-refractivity contribution in [2.24, 2.45) is 0 Å². The molecule has 0 spiro atoms. The fourth-order valence-corrected chi connectivity index (χ4v) is 4.81. The summed E-state index contributed by atoms with van der Waals surface area (Å²) in [5.41, 5.74) is 1.05. The predicted molar refractivity (Wildman–Crippen MR) is 123 cm³/mol. The highest BCUT2D eigenvalue weighted by Crippen LogP contribution is 2.37. The van der Waals surface area contributed by atoms with E-state index in [2.05, 4.69) is 10.6 Å². The Morgan fingerprint density at radius 1 is 1.21 bits per heavy atom. The summed E-state index contributed by atoms with van der Waals surface area (Å²) >= 11 is 6.12. The van der Waals surface area contributed by atoms with Crippen LogP contribution in [0, 0.1) is 6.92 Å². The number of amides is 2. The van der Waals surface area contributed by atoms with Crippen molar-refractivity contribution in [2.75, 3.05) is 38.4 Å². The zero-order valence-electron chi connectivity index (χ0n) is 18.7. The third kappa shape index (κ3) is 5.00. The smallest absolute Gasteiger partial charge is 0.265 e. The lowest BCUT2D eigenvalue weighted by Gasteiger charge is -2.25. The third-order valence-electron chi connectivity index (χ3n) is 5.01. The predicted octanol–water partition coefficient (Wildman–Crippen LogP) is 2.64. The number of benzene rings is 2. The van der Waals surface area contributed by atoms with Crippen LogP contribution < -0.4 is 24.8 Å². The Bertz CT molecular complexity index is 1220. The first kappa shape index (κ1) is 24.6. The second-order valence-corrected chi connectivity index (χ2v) is 9.78. The molecule has 1 heterocycles. The van der Waals surface area contributed by atoms with Crippen LogP contribution in [0.4, 0.5) is 11.4 Å². The molecule has 1 atom stereocenters. The fraction of sp³-hybridized carbons (Fsp3) is 0.333. The molecule has 0 fully saturated rings. The molecule has 3 rings (SSSR count). The average molecular weight is 498 g/mol. The maximum atomic E-state index is 13.2. The van der Waals surface area contributed by atoms with Gasteiger partial charge < -0.3 is 24.8 Å². The van der Waals surface area contributed by atoms with Crippen LogP contribution in [-0.2, 0) is 19.6 Å². The second-order valence-electron chi connectivity index (χ2n) is 7.36. The highest BCUT2D eigenvalue weighted by Gasteiger charge is 2.30. The minimum absolute atomic E-state index is 0.0371. The number of nitrogens with one attached hydrogen (secondary N) is 2. The van der Waals surface area contributed by atoms with Gasteiger partial charge in [0.15, 0.2) is 6.10 Å². The molecule has 1 aliphatic rings. The summed E-state index contributed by atoms with van der Waals surface area (Å²) in [5.74, 6) is -0.0220. The fourth-order valence-electron chi connectivity index (χ4n) is 3.22. The van der Waals surface area contributed by atoms with E-state index < -0.39 is 28.6 Å².